The van der Waals surface area contributed by atoms with E-state index in [4.69, 9.17) is 13.9 Å². The highest BCUT2D eigenvalue weighted by Crippen LogP contribution is 2.42. The van der Waals surface area contributed by atoms with E-state index in [9.17, 15) is 25.2 Å². The lowest BCUT2D eigenvalue weighted by atomic mass is 10.1. The van der Waals surface area contributed by atoms with E-state index >= 15 is 0 Å². The molecule has 3 rings (SSSR count). The fourth-order valence-corrected chi connectivity index (χ4v) is 2.50. The number of phenolic OH excluding ortho intramolecular Hbond substituents is 3. The van der Waals surface area contributed by atoms with Crippen molar-refractivity contribution in [3.63, 3.8) is 0 Å². The lowest BCUT2D eigenvalue weighted by Gasteiger charge is -2.16. The van der Waals surface area contributed by atoms with Gasteiger partial charge in [0.25, 0.3) is 0 Å². The first-order valence-electron chi connectivity index (χ1n) is 7.03. The number of ether oxygens (including phenoxy) is 2. The second-order valence-corrected chi connectivity index (χ2v) is 5.13. The molecule has 3 N–H and O–H groups in total. The van der Waals surface area contributed by atoms with Crippen LogP contribution in [0.25, 0.3) is 22.3 Å². The molecule has 8 heteroatoms. The number of phenols is 3. The van der Waals surface area contributed by atoms with Gasteiger partial charge >= 0.3 is 0 Å². The fourth-order valence-electron chi connectivity index (χ4n) is 2.50. The average molecular weight is 345 g/mol. The van der Waals surface area contributed by atoms with Crippen molar-refractivity contribution in [1.82, 2.24) is 0 Å². The van der Waals surface area contributed by atoms with Gasteiger partial charge in [0.15, 0.2) is 28.3 Å². The molecule has 1 heterocycles. The Hall–Kier alpha value is -3.55. The van der Waals surface area contributed by atoms with Crippen LogP contribution in [0.4, 0.5) is 0 Å². The summed E-state index contributed by atoms with van der Waals surface area (Å²) < 4.78 is 15.5. The fraction of sp³-hybridized carbons (Fsp3) is 0.118. The van der Waals surface area contributed by atoms with Crippen molar-refractivity contribution in [3.05, 3.63) is 34.5 Å². The Kier molecular flexibility index (Phi) is 3.80. The lowest BCUT2D eigenvalue weighted by Crippen LogP contribution is -2.12. The molecule has 1 aromatic heterocycles. The van der Waals surface area contributed by atoms with Crippen molar-refractivity contribution in [1.29, 1.82) is 0 Å². The molecule has 0 amide bonds. The van der Waals surface area contributed by atoms with Crippen LogP contribution in [0.5, 0.6) is 34.5 Å². The van der Waals surface area contributed by atoms with Crippen molar-refractivity contribution >= 4 is 11.0 Å². The number of aromatic hydroxyl groups is 3. The van der Waals surface area contributed by atoms with Crippen LogP contribution in [0.1, 0.15) is 0 Å². The number of hydrogen-bond donors (Lipinski definition) is 3. The lowest BCUT2D eigenvalue weighted by molar-refractivity contribution is -0.270. The molecule has 0 atom stereocenters. The van der Waals surface area contributed by atoms with E-state index in [0.717, 1.165) is 6.07 Å². The van der Waals surface area contributed by atoms with Gasteiger partial charge in [-0.15, -0.1) is 0 Å². The maximum atomic E-state index is 12.4. The Labute approximate surface area is 140 Å². The first kappa shape index (κ1) is 16.3. The van der Waals surface area contributed by atoms with Gasteiger partial charge in [-0.2, -0.15) is 0 Å². The topological polar surface area (TPSA) is 132 Å². The molecule has 130 valence electrons. The Bertz CT molecular complexity index is 1040. The number of hydrogen-bond acceptors (Lipinski definition) is 8. The number of rotatable bonds is 3. The second kappa shape index (κ2) is 5.82. The molecule has 3 aromatic rings. The van der Waals surface area contributed by atoms with Crippen LogP contribution in [0, 0.1) is 0 Å². The molecule has 0 spiro atoms. The van der Waals surface area contributed by atoms with Crippen LogP contribution in [0.15, 0.2) is 33.5 Å². The summed E-state index contributed by atoms with van der Waals surface area (Å²) >= 11 is 0. The summed E-state index contributed by atoms with van der Waals surface area (Å²) in [5.41, 5.74) is -1.12. The molecule has 0 aliphatic heterocycles. The maximum Gasteiger partial charge on any atom is 0.204 e. The molecule has 0 bridgehead atoms. The highest BCUT2D eigenvalue weighted by molar-refractivity contribution is 5.93. The molecule has 0 saturated heterocycles. The van der Waals surface area contributed by atoms with Gasteiger partial charge in [-0.25, -0.2) is 0 Å². The standard InChI is InChI=1S/C17H14O8/c1-23-11-5-7(3-4-8(11)18)15-14(22)13(21)12-9(19)6-10(20)16(24-2)17(12)25-15/h3-6,18-20,22H,1-2H3/p-1. The van der Waals surface area contributed by atoms with Gasteiger partial charge < -0.3 is 34.3 Å². The third-order valence-electron chi connectivity index (χ3n) is 3.69. The summed E-state index contributed by atoms with van der Waals surface area (Å²) in [7, 11) is 2.56. The van der Waals surface area contributed by atoms with E-state index in [2.05, 4.69) is 0 Å². The summed E-state index contributed by atoms with van der Waals surface area (Å²) in [6.45, 7) is 0. The highest BCUT2D eigenvalue weighted by Gasteiger charge is 2.20. The van der Waals surface area contributed by atoms with Crippen LogP contribution in [0.2, 0.25) is 0 Å². The maximum absolute atomic E-state index is 12.4. The zero-order valence-corrected chi connectivity index (χ0v) is 13.2. The molecule has 0 fully saturated rings. The predicted molar refractivity (Wildman–Crippen MR) is 85.5 cm³/mol. The van der Waals surface area contributed by atoms with Crippen molar-refractivity contribution in [2.24, 2.45) is 0 Å². The SMILES string of the molecule is COc1cc(-c2oc3c(OC)c(O)cc(O)c3c(=O)c2[O-])ccc1O. The first-order valence-corrected chi connectivity index (χ1v) is 7.03. The minimum absolute atomic E-state index is 0.0744. The van der Waals surface area contributed by atoms with E-state index < -0.39 is 28.1 Å². The Morgan fingerprint density at radius 3 is 2.36 bits per heavy atom. The van der Waals surface area contributed by atoms with E-state index in [1.54, 1.807) is 0 Å². The van der Waals surface area contributed by atoms with Gasteiger partial charge in [0, 0.05) is 11.6 Å². The molecule has 0 unspecified atom stereocenters. The van der Waals surface area contributed by atoms with Crippen LogP contribution < -0.4 is 20.0 Å². The quantitative estimate of drug-likeness (QED) is 0.653. The molecule has 2 aromatic carbocycles. The van der Waals surface area contributed by atoms with Crippen molar-refractivity contribution in [2.75, 3.05) is 14.2 Å². The molecular weight excluding hydrogens is 332 g/mol. The van der Waals surface area contributed by atoms with Crippen LogP contribution in [0.3, 0.4) is 0 Å². The van der Waals surface area contributed by atoms with Gasteiger partial charge in [0.05, 0.1) is 14.2 Å². The largest absolute Gasteiger partial charge is 0.867 e. The summed E-state index contributed by atoms with van der Waals surface area (Å²) in [6.07, 6.45) is 0. The molecule has 0 aliphatic carbocycles. The number of methoxy groups -OCH3 is 2. The third-order valence-corrected chi connectivity index (χ3v) is 3.69. The number of fused-ring (bicyclic) bond motifs is 1. The van der Waals surface area contributed by atoms with Gasteiger partial charge in [0.1, 0.15) is 16.9 Å². The molecule has 0 radical (unpaired) electrons. The Morgan fingerprint density at radius 2 is 1.72 bits per heavy atom. The zero-order chi connectivity index (χ0) is 18.3. The Morgan fingerprint density at radius 1 is 1.00 bits per heavy atom. The predicted octanol–water partition coefficient (Wildman–Crippen LogP) is 1.67. The molecular formula is C17H13O8-. The summed E-state index contributed by atoms with van der Waals surface area (Å²) in [4.78, 5) is 12.4. The minimum Gasteiger partial charge on any atom is -0.867 e. The van der Waals surface area contributed by atoms with E-state index in [1.165, 1.54) is 32.4 Å². The van der Waals surface area contributed by atoms with Gasteiger partial charge in [-0.1, -0.05) is 0 Å². The summed E-state index contributed by atoms with van der Waals surface area (Å²) in [5, 5.41) is 41.4. The van der Waals surface area contributed by atoms with E-state index in [-0.39, 0.29) is 34.2 Å². The monoisotopic (exact) mass is 345 g/mol. The van der Waals surface area contributed by atoms with Crippen LogP contribution in [-0.4, -0.2) is 29.5 Å². The van der Waals surface area contributed by atoms with Gasteiger partial charge in [-0.3, -0.25) is 4.79 Å². The summed E-state index contributed by atoms with van der Waals surface area (Å²) in [5.74, 6) is -2.68. The van der Waals surface area contributed by atoms with Crippen molar-refractivity contribution in [2.45, 2.75) is 0 Å². The van der Waals surface area contributed by atoms with E-state index in [0.29, 0.717) is 0 Å². The third kappa shape index (κ3) is 2.44. The molecule has 0 aliphatic rings. The second-order valence-electron chi connectivity index (χ2n) is 5.13. The average Bonchev–Trinajstić information content (AvgIpc) is 2.58. The highest BCUT2D eigenvalue weighted by atomic mass is 16.5. The first-order chi connectivity index (χ1) is 11.9. The molecule has 25 heavy (non-hydrogen) atoms. The van der Waals surface area contributed by atoms with Crippen LogP contribution in [-0.2, 0) is 0 Å². The summed E-state index contributed by atoms with van der Waals surface area (Å²) in [6, 6.07) is 4.84. The zero-order valence-electron chi connectivity index (χ0n) is 13.2. The molecule has 0 saturated carbocycles. The van der Waals surface area contributed by atoms with Crippen molar-refractivity contribution in [3.8, 4) is 45.8 Å². The van der Waals surface area contributed by atoms with Crippen LogP contribution >= 0.6 is 0 Å². The minimum atomic E-state index is -1.01. The van der Waals surface area contributed by atoms with Gasteiger partial charge in [0.2, 0.25) is 5.75 Å². The van der Waals surface area contributed by atoms with E-state index in [1.807, 2.05) is 0 Å². The van der Waals surface area contributed by atoms with Gasteiger partial charge in [-0.05, 0) is 23.9 Å². The molecule has 8 nitrogen and oxygen atoms in total. The number of benzene rings is 2. The normalized spacial score (nSPS) is 10.8. The Balaban J connectivity index is 2.41. The smallest absolute Gasteiger partial charge is 0.204 e. The van der Waals surface area contributed by atoms with Crippen molar-refractivity contribution < 1.29 is 34.3 Å².